The molecule has 4 heteroatoms. The van der Waals surface area contributed by atoms with Gasteiger partial charge in [-0.3, -0.25) is 0 Å². The molecule has 19 heavy (non-hydrogen) atoms. The molecule has 2 rings (SSSR count). The molecule has 0 saturated carbocycles. The number of likely N-dealkylation sites (tertiary alicyclic amines) is 1. The Labute approximate surface area is 116 Å². The first-order valence-electron chi connectivity index (χ1n) is 7.58. The average molecular weight is 265 g/mol. The van der Waals surface area contributed by atoms with Crippen molar-refractivity contribution >= 4 is 0 Å². The Bertz CT molecular complexity index is 369. The van der Waals surface area contributed by atoms with E-state index in [0.29, 0.717) is 6.04 Å². The maximum Gasteiger partial charge on any atom is 0.138 e. The summed E-state index contributed by atoms with van der Waals surface area (Å²) in [5.41, 5.74) is 2.25. The van der Waals surface area contributed by atoms with Crippen LogP contribution in [0, 0.1) is 13.8 Å². The first-order chi connectivity index (χ1) is 9.20. The van der Waals surface area contributed by atoms with Gasteiger partial charge < -0.3 is 14.7 Å². The maximum atomic E-state index is 5.21. The molecule has 1 atom stereocenters. The van der Waals surface area contributed by atoms with Crippen molar-refractivity contribution in [2.75, 3.05) is 19.6 Å². The molecule has 1 saturated heterocycles. The summed E-state index contributed by atoms with van der Waals surface area (Å²) in [5.74, 6) is 0.950. The fourth-order valence-electron chi connectivity index (χ4n) is 2.90. The van der Waals surface area contributed by atoms with Crippen LogP contribution < -0.4 is 5.32 Å². The molecule has 0 radical (unpaired) electrons. The molecule has 1 aromatic heterocycles. The molecular formula is C15H27N3O. The van der Waals surface area contributed by atoms with Crippen LogP contribution in [0.15, 0.2) is 4.52 Å². The van der Waals surface area contributed by atoms with Crippen LogP contribution in [-0.4, -0.2) is 35.7 Å². The zero-order valence-corrected chi connectivity index (χ0v) is 12.5. The molecular weight excluding hydrogens is 238 g/mol. The van der Waals surface area contributed by atoms with Gasteiger partial charge in [0.1, 0.15) is 5.76 Å². The normalized spacial score (nSPS) is 21.5. The Morgan fingerprint density at radius 3 is 2.84 bits per heavy atom. The third-order valence-corrected chi connectivity index (χ3v) is 4.11. The molecule has 1 aliphatic heterocycles. The van der Waals surface area contributed by atoms with Crippen molar-refractivity contribution in [1.82, 2.24) is 15.4 Å². The van der Waals surface area contributed by atoms with Crippen LogP contribution in [0.3, 0.4) is 0 Å². The van der Waals surface area contributed by atoms with E-state index in [9.17, 15) is 0 Å². The molecule has 1 fully saturated rings. The molecule has 1 N–H and O–H groups in total. The van der Waals surface area contributed by atoms with Gasteiger partial charge in [0.05, 0.1) is 5.69 Å². The Kier molecular flexibility index (Phi) is 5.40. The predicted molar refractivity (Wildman–Crippen MR) is 77.2 cm³/mol. The highest BCUT2D eigenvalue weighted by molar-refractivity contribution is 5.20. The van der Waals surface area contributed by atoms with Crippen molar-refractivity contribution in [3.05, 3.63) is 17.0 Å². The maximum absolute atomic E-state index is 5.21. The molecule has 0 aliphatic carbocycles. The van der Waals surface area contributed by atoms with Crippen LogP contribution in [0.25, 0.3) is 0 Å². The summed E-state index contributed by atoms with van der Waals surface area (Å²) in [6, 6.07) is 0.635. The Morgan fingerprint density at radius 2 is 2.16 bits per heavy atom. The van der Waals surface area contributed by atoms with Gasteiger partial charge in [0.2, 0.25) is 0 Å². The monoisotopic (exact) mass is 265 g/mol. The summed E-state index contributed by atoms with van der Waals surface area (Å²) < 4.78 is 5.21. The van der Waals surface area contributed by atoms with Gasteiger partial charge in [-0.2, -0.15) is 0 Å². The number of hydrogen-bond acceptors (Lipinski definition) is 4. The molecule has 4 nitrogen and oxygen atoms in total. The topological polar surface area (TPSA) is 41.3 Å². The van der Waals surface area contributed by atoms with Crippen LogP contribution in [-0.2, 0) is 6.54 Å². The summed E-state index contributed by atoms with van der Waals surface area (Å²) >= 11 is 0. The highest BCUT2D eigenvalue weighted by Gasteiger charge is 2.17. The van der Waals surface area contributed by atoms with E-state index < -0.39 is 0 Å². The zero-order valence-electron chi connectivity index (χ0n) is 12.5. The molecule has 1 aliphatic rings. The van der Waals surface area contributed by atoms with Gasteiger partial charge >= 0.3 is 0 Å². The third kappa shape index (κ3) is 4.05. The fraction of sp³-hybridized carbons (Fsp3) is 0.800. The number of nitrogens with zero attached hydrogens (tertiary/aromatic N) is 2. The average Bonchev–Trinajstić information content (AvgIpc) is 2.61. The number of aryl methyl sites for hydroxylation is 2. The highest BCUT2D eigenvalue weighted by atomic mass is 16.5. The van der Waals surface area contributed by atoms with E-state index in [-0.39, 0.29) is 0 Å². The van der Waals surface area contributed by atoms with Crippen molar-refractivity contribution in [3.8, 4) is 0 Å². The van der Waals surface area contributed by atoms with E-state index in [0.717, 1.165) is 18.0 Å². The summed E-state index contributed by atoms with van der Waals surface area (Å²) in [6.45, 7) is 10.9. The number of hydrogen-bond donors (Lipinski definition) is 1. The second kappa shape index (κ2) is 7.06. The van der Waals surface area contributed by atoms with Gasteiger partial charge in [0, 0.05) is 18.2 Å². The lowest BCUT2D eigenvalue weighted by Crippen LogP contribution is -2.31. The first kappa shape index (κ1) is 14.5. The number of nitrogens with one attached hydrogen (secondary N) is 1. The first-order valence-corrected chi connectivity index (χ1v) is 7.58. The SMILES string of the molecule is CCCN1CCCC(NCc2c(C)noc2C)CC1. The van der Waals surface area contributed by atoms with Gasteiger partial charge in [-0.15, -0.1) is 0 Å². The van der Waals surface area contributed by atoms with Crippen LogP contribution in [0.5, 0.6) is 0 Å². The molecule has 2 heterocycles. The predicted octanol–water partition coefficient (Wildman–Crippen LogP) is 2.65. The Balaban J connectivity index is 1.80. The lowest BCUT2D eigenvalue weighted by Gasteiger charge is -2.19. The van der Waals surface area contributed by atoms with Crippen molar-refractivity contribution < 1.29 is 4.52 Å². The van der Waals surface area contributed by atoms with E-state index in [1.165, 1.54) is 50.9 Å². The molecule has 108 valence electrons. The summed E-state index contributed by atoms with van der Waals surface area (Å²) in [4.78, 5) is 2.59. The van der Waals surface area contributed by atoms with E-state index >= 15 is 0 Å². The van der Waals surface area contributed by atoms with E-state index in [4.69, 9.17) is 4.52 Å². The van der Waals surface area contributed by atoms with Gasteiger partial charge in [-0.25, -0.2) is 0 Å². The summed E-state index contributed by atoms with van der Waals surface area (Å²) in [7, 11) is 0. The van der Waals surface area contributed by atoms with Gasteiger partial charge in [0.25, 0.3) is 0 Å². The van der Waals surface area contributed by atoms with Crippen molar-refractivity contribution in [1.29, 1.82) is 0 Å². The number of rotatable bonds is 5. The van der Waals surface area contributed by atoms with Crippen LogP contribution in [0.1, 0.15) is 49.6 Å². The minimum absolute atomic E-state index is 0.635. The van der Waals surface area contributed by atoms with Crippen molar-refractivity contribution in [2.24, 2.45) is 0 Å². The minimum Gasteiger partial charge on any atom is -0.361 e. The highest BCUT2D eigenvalue weighted by Crippen LogP contribution is 2.15. The molecule has 0 bridgehead atoms. The molecule has 0 amide bonds. The molecule has 1 unspecified atom stereocenters. The zero-order chi connectivity index (χ0) is 13.7. The van der Waals surface area contributed by atoms with Crippen LogP contribution in [0.2, 0.25) is 0 Å². The fourth-order valence-corrected chi connectivity index (χ4v) is 2.90. The lowest BCUT2D eigenvalue weighted by molar-refractivity contribution is 0.282. The second-order valence-electron chi connectivity index (χ2n) is 5.65. The van der Waals surface area contributed by atoms with E-state index in [2.05, 4.69) is 22.3 Å². The van der Waals surface area contributed by atoms with Gasteiger partial charge in [-0.1, -0.05) is 12.1 Å². The van der Waals surface area contributed by atoms with Crippen molar-refractivity contribution in [3.63, 3.8) is 0 Å². The van der Waals surface area contributed by atoms with Gasteiger partial charge in [-0.05, 0) is 59.2 Å². The minimum atomic E-state index is 0.635. The third-order valence-electron chi connectivity index (χ3n) is 4.11. The molecule has 0 spiro atoms. The lowest BCUT2D eigenvalue weighted by atomic mass is 10.1. The van der Waals surface area contributed by atoms with Crippen LogP contribution >= 0.6 is 0 Å². The quantitative estimate of drug-likeness (QED) is 0.888. The largest absolute Gasteiger partial charge is 0.361 e. The standard InChI is InChI=1S/C15H27N3O/c1-4-8-18-9-5-6-14(7-10-18)16-11-15-12(2)17-19-13(15)3/h14,16H,4-11H2,1-3H3. The van der Waals surface area contributed by atoms with E-state index in [1.54, 1.807) is 0 Å². The smallest absolute Gasteiger partial charge is 0.138 e. The Morgan fingerprint density at radius 1 is 1.32 bits per heavy atom. The van der Waals surface area contributed by atoms with Crippen LogP contribution in [0.4, 0.5) is 0 Å². The molecule has 0 aromatic carbocycles. The second-order valence-corrected chi connectivity index (χ2v) is 5.65. The van der Waals surface area contributed by atoms with Gasteiger partial charge in [0.15, 0.2) is 0 Å². The Hall–Kier alpha value is -0.870. The molecule has 1 aromatic rings. The number of aromatic nitrogens is 1. The summed E-state index contributed by atoms with van der Waals surface area (Å²) in [5, 5.41) is 7.69. The van der Waals surface area contributed by atoms with Crippen molar-refractivity contribution in [2.45, 2.75) is 59.0 Å². The van der Waals surface area contributed by atoms with E-state index in [1.807, 2.05) is 13.8 Å². The summed E-state index contributed by atoms with van der Waals surface area (Å²) in [6.07, 6.45) is 5.10.